The number of rotatable bonds is 7. The minimum Gasteiger partial charge on any atom is -0.396 e. The normalized spacial score (nSPS) is 26.7. The molecule has 128 valence electrons. The monoisotopic (exact) mass is 321 g/mol. The first-order valence-corrected chi connectivity index (χ1v) is 8.90. The average Bonchev–Trinajstić information content (AvgIpc) is 3.22. The zero-order chi connectivity index (χ0) is 16.1. The van der Waals surface area contributed by atoms with Gasteiger partial charge in [-0.05, 0) is 49.3 Å². The highest BCUT2D eigenvalue weighted by molar-refractivity contribution is 5.21. The Morgan fingerprint density at radius 2 is 2.00 bits per heavy atom. The lowest BCUT2D eigenvalue weighted by molar-refractivity contribution is 0.119. The Labute approximate surface area is 138 Å². The van der Waals surface area contributed by atoms with E-state index < -0.39 is 0 Å². The van der Waals surface area contributed by atoms with Crippen molar-refractivity contribution < 1.29 is 14.2 Å². The number of halogens is 1. The van der Waals surface area contributed by atoms with Crippen LogP contribution >= 0.6 is 0 Å². The van der Waals surface area contributed by atoms with E-state index in [0.29, 0.717) is 5.92 Å². The van der Waals surface area contributed by atoms with Crippen molar-refractivity contribution in [1.82, 2.24) is 5.32 Å². The number of aliphatic hydroxyl groups excluding tert-OH is 1. The van der Waals surface area contributed by atoms with Crippen LogP contribution < -0.4 is 5.32 Å². The second-order valence-electron chi connectivity index (χ2n) is 7.23. The fourth-order valence-electron chi connectivity index (χ4n) is 4.16. The van der Waals surface area contributed by atoms with Crippen LogP contribution in [0.3, 0.4) is 0 Å². The molecule has 23 heavy (non-hydrogen) atoms. The summed E-state index contributed by atoms with van der Waals surface area (Å²) in [4.78, 5) is 0. The molecule has 1 saturated carbocycles. The minimum absolute atomic E-state index is 0.0473. The van der Waals surface area contributed by atoms with E-state index in [1.807, 2.05) is 12.1 Å². The molecule has 1 aromatic rings. The predicted octanol–water partition coefficient (Wildman–Crippen LogP) is 3.44. The van der Waals surface area contributed by atoms with Crippen molar-refractivity contribution in [3.8, 4) is 0 Å². The van der Waals surface area contributed by atoms with E-state index in [0.717, 1.165) is 32.6 Å². The molecule has 2 aliphatic rings. The number of hydrogen-bond donors (Lipinski definition) is 2. The molecule has 2 atom stereocenters. The molecule has 1 aliphatic heterocycles. The van der Waals surface area contributed by atoms with Gasteiger partial charge in [0.15, 0.2) is 0 Å². The van der Waals surface area contributed by atoms with Gasteiger partial charge in [-0.2, -0.15) is 0 Å². The summed E-state index contributed by atoms with van der Waals surface area (Å²) < 4.78 is 18.8. The molecule has 0 spiro atoms. The summed E-state index contributed by atoms with van der Waals surface area (Å²) in [5.41, 5.74) is 1.22. The number of aliphatic hydroxyl groups is 1. The summed E-state index contributed by atoms with van der Waals surface area (Å²) in [6.45, 7) is 2.56. The summed E-state index contributed by atoms with van der Waals surface area (Å²) in [5.74, 6) is 0.439. The maximum atomic E-state index is 13.3. The van der Waals surface area contributed by atoms with Crippen LogP contribution in [0.25, 0.3) is 0 Å². The second-order valence-corrected chi connectivity index (χ2v) is 7.23. The Morgan fingerprint density at radius 3 is 2.61 bits per heavy atom. The maximum absolute atomic E-state index is 13.3. The molecular weight excluding hydrogens is 293 g/mol. The fourth-order valence-corrected chi connectivity index (χ4v) is 4.16. The van der Waals surface area contributed by atoms with E-state index in [2.05, 4.69) is 5.32 Å². The molecule has 1 heterocycles. The van der Waals surface area contributed by atoms with Gasteiger partial charge < -0.3 is 15.2 Å². The van der Waals surface area contributed by atoms with Gasteiger partial charge in [-0.15, -0.1) is 0 Å². The largest absolute Gasteiger partial charge is 0.396 e. The van der Waals surface area contributed by atoms with Crippen molar-refractivity contribution >= 4 is 0 Å². The number of nitrogens with one attached hydrogen (secondary N) is 1. The first-order chi connectivity index (χ1) is 11.2. The third-order valence-electron chi connectivity index (χ3n) is 5.62. The topological polar surface area (TPSA) is 41.5 Å². The highest BCUT2D eigenvalue weighted by Crippen LogP contribution is 2.38. The van der Waals surface area contributed by atoms with E-state index >= 15 is 0 Å². The molecule has 2 N–H and O–H groups in total. The van der Waals surface area contributed by atoms with Gasteiger partial charge in [0.05, 0.1) is 6.61 Å². The van der Waals surface area contributed by atoms with Gasteiger partial charge in [-0.1, -0.05) is 25.0 Å². The average molecular weight is 321 g/mol. The molecule has 1 saturated heterocycles. The van der Waals surface area contributed by atoms with Crippen LogP contribution in [-0.4, -0.2) is 31.5 Å². The smallest absolute Gasteiger partial charge is 0.123 e. The Balaban J connectivity index is 1.71. The molecule has 0 amide bonds. The molecule has 4 heteroatoms. The summed E-state index contributed by atoms with van der Waals surface area (Å²) in [6, 6.07) is 7.21. The van der Waals surface area contributed by atoms with Gasteiger partial charge in [0.2, 0.25) is 0 Å². The van der Waals surface area contributed by atoms with Crippen LogP contribution in [-0.2, 0) is 4.74 Å². The fraction of sp³-hybridized carbons (Fsp3) is 0.684. The highest BCUT2D eigenvalue weighted by atomic mass is 19.1. The SMILES string of the molecule is OCCC1(CNC(c2ccc(F)cc2)C2CCCC2)CCOC1. The summed E-state index contributed by atoms with van der Waals surface area (Å²) >= 11 is 0. The first kappa shape index (κ1) is 16.9. The third-order valence-corrected chi connectivity index (χ3v) is 5.62. The van der Waals surface area contributed by atoms with E-state index in [9.17, 15) is 9.50 Å². The lowest BCUT2D eigenvalue weighted by Gasteiger charge is -2.32. The minimum atomic E-state index is -0.181. The van der Waals surface area contributed by atoms with Gasteiger partial charge in [0, 0.05) is 31.2 Å². The van der Waals surface area contributed by atoms with Crippen molar-refractivity contribution in [1.29, 1.82) is 0 Å². The molecule has 1 aliphatic carbocycles. The highest BCUT2D eigenvalue weighted by Gasteiger charge is 2.36. The zero-order valence-corrected chi connectivity index (χ0v) is 13.8. The molecule has 0 aromatic heterocycles. The quantitative estimate of drug-likeness (QED) is 0.808. The Kier molecular flexibility index (Phi) is 5.67. The lowest BCUT2D eigenvalue weighted by Crippen LogP contribution is -2.39. The van der Waals surface area contributed by atoms with E-state index in [1.54, 1.807) is 12.1 Å². The molecule has 0 bridgehead atoms. The molecule has 0 radical (unpaired) electrons. The molecule has 1 aromatic carbocycles. The first-order valence-electron chi connectivity index (χ1n) is 8.90. The van der Waals surface area contributed by atoms with Crippen LogP contribution in [0.2, 0.25) is 0 Å². The Morgan fingerprint density at radius 1 is 1.26 bits per heavy atom. The van der Waals surface area contributed by atoms with Gasteiger partial charge >= 0.3 is 0 Å². The van der Waals surface area contributed by atoms with Crippen LogP contribution in [0.1, 0.15) is 50.1 Å². The third kappa shape index (κ3) is 4.11. The summed E-state index contributed by atoms with van der Waals surface area (Å²) in [7, 11) is 0. The summed E-state index contributed by atoms with van der Waals surface area (Å²) in [6.07, 6.45) is 6.82. The maximum Gasteiger partial charge on any atom is 0.123 e. The summed E-state index contributed by atoms with van der Waals surface area (Å²) in [5, 5.41) is 13.1. The number of benzene rings is 1. The molecular formula is C19H28FNO2. The van der Waals surface area contributed by atoms with Gasteiger partial charge in [0.25, 0.3) is 0 Å². The number of hydrogen-bond acceptors (Lipinski definition) is 3. The van der Waals surface area contributed by atoms with Gasteiger partial charge in [-0.25, -0.2) is 4.39 Å². The molecule has 2 unspecified atom stereocenters. The second kappa shape index (κ2) is 7.73. The van der Waals surface area contributed by atoms with Crippen LogP contribution in [0.5, 0.6) is 0 Å². The molecule has 2 fully saturated rings. The van der Waals surface area contributed by atoms with Crippen molar-refractivity contribution in [2.24, 2.45) is 11.3 Å². The van der Waals surface area contributed by atoms with Crippen LogP contribution in [0.4, 0.5) is 4.39 Å². The Hall–Kier alpha value is -0.970. The standard InChI is InChI=1S/C19H28FNO2/c20-17-7-5-16(6-8-17)18(15-3-1-2-4-15)21-13-19(9-11-22)10-12-23-14-19/h5-8,15,18,21-22H,1-4,9-14H2. The van der Waals surface area contributed by atoms with Gasteiger partial charge in [-0.3, -0.25) is 0 Å². The van der Waals surface area contributed by atoms with E-state index in [-0.39, 0.29) is 23.9 Å². The van der Waals surface area contributed by atoms with E-state index in [1.165, 1.54) is 31.2 Å². The predicted molar refractivity (Wildman–Crippen MR) is 88.7 cm³/mol. The van der Waals surface area contributed by atoms with Crippen molar-refractivity contribution in [3.05, 3.63) is 35.6 Å². The van der Waals surface area contributed by atoms with Crippen LogP contribution in [0.15, 0.2) is 24.3 Å². The van der Waals surface area contributed by atoms with Crippen molar-refractivity contribution in [2.45, 2.75) is 44.6 Å². The lowest BCUT2D eigenvalue weighted by atomic mass is 9.82. The Bertz CT molecular complexity index is 479. The van der Waals surface area contributed by atoms with Crippen LogP contribution in [0, 0.1) is 17.2 Å². The van der Waals surface area contributed by atoms with E-state index in [4.69, 9.17) is 4.74 Å². The molecule has 3 rings (SSSR count). The number of ether oxygens (including phenoxy) is 1. The van der Waals surface area contributed by atoms with Gasteiger partial charge in [0.1, 0.15) is 5.82 Å². The van der Waals surface area contributed by atoms with Crippen molar-refractivity contribution in [3.63, 3.8) is 0 Å². The molecule has 3 nitrogen and oxygen atoms in total. The van der Waals surface area contributed by atoms with Crippen molar-refractivity contribution in [2.75, 3.05) is 26.4 Å². The zero-order valence-electron chi connectivity index (χ0n) is 13.8.